The number of nitrogens with zero attached hydrogens (tertiary/aromatic N) is 1. The van der Waals surface area contributed by atoms with Crippen LogP contribution in [0.4, 0.5) is 5.69 Å². The number of thiocarbonyl (C=S) groups is 1. The number of hydrogen-bond donors (Lipinski definition) is 0. The summed E-state index contributed by atoms with van der Waals surface area (Å²) in [5.41, 5.74) is 1.47. The lowest BCUT2D eigenvalue weighted by Crippen LogP contribution is -2.27. The highest BCUT2D eigenvalue weighted by atomic mass is 32.2. The zero-order chi connectivity index (χ0) is 23.4. The van der Waals surface area contributed by atoms with Gasteiger partial charge < -0.3 is 14.2 Å². The van der Waals surface area contributed by atoms with Crippen molar-refractivity contribution in [3.8, 4) is 11.5 Å². The van der Waals surface area contributed by atoms with E-state index in [9.17, 15) is 9.59 Å². The topological polar surface area (TPSA) is 65.1 Å². The third-order valence-corrected chi connectivity index (χ3v) is 6.24. The molecule has 0 unspecified atom stereocenters. The second-order valence-corrected chi connectivity index (χ2v) is 8.70. The highest BCUT2D eigenvalue weighted by molar-refractivity contribution is 8.27. The number of esters is 1. The van der Waals surface area contributed by atoms with Crippen molar-refractivity contribution in [1.29, 1.82) is 0 Å². The first-order chi connectivity index (χ1) is 16.0. The van der Waals surface area contributed by atoms with E-state index in [-0.39, 0.29) is 19.1 Å². The van der Waals surface area contributed by atoms with Crippen LogP contribution in [0.5, 0.6) is 11.5 Å². The van der Waals surface area contributed by atoms with Gasteiger partial charge in [0.1, 0.15) is 0 Å². The molecule has 0 atom stereocenters. The van der Waals surface area contributed by atoms with Crippen LogP contribution in [-0.2, 0) is 14.3 Å². The second-order valence-electron chi connectivity index (χ2n) is 7.02. The molecule has 0 aliphatic carbocycles. The Bertz CT molecular complexity index is 1270. The molecule has 4 rings (SSSR count). The Hall–Kier alpha value is -3.36. The first-order valence-corrected chi connectivity index (χ1v) is 11.5. The molecule has 0 radical (unpaired) electrons. The van der Waals surface area contributed by atoms with Gasteiger partial charge in [0.05, 0.1) is 24.3 Å². The van der Waals surface area contributed by atoms with Crippen LogP contribution < -0.4 is 14.4 Å². The van der Waals surface area contributed by atoms with Gasteiger partial charge in [-0.15, -0.1) is 0 Å². The number of ether oxygens (including phenoxy) is 3. The summed E-state index contributed by atoms with van der Waals surface area (Å²) < 4.78 is 16.3. The average Bonchev–Trinajstić information content (AvgIpc) is 3.10. The van der Waals surface area contributed by atoms with Gasteiger partial charge in [-0.3, -0.25) is 9.69 Å². The summed E-state index contributed by atoms with van der Waals surface area (Å²) >= 11 is 6.79. The van der Waals surface area contributed by atoms with Gasteiger partial charge in [-0.25, -0.2) is 4.79 Å². The van der Waals surface area contributed by atoms with Gasteiger partial charge in [0.15, 0.2) is 22.4 Å². The molecule has 1 saturated heterocycles. The zero-order valence-electron chi connectivity index (χ0n) is 18.1. The number of methoxy groups -OCH3 is 1. The van der Waals surface area contributed by atoms with Crippen molar-refractivity contribution in [3.05, 3.63) is 71.1 Å². The van der Waals surface area contributed by atoms with E-state index in [1.165, 1.54) is 18.9 Å². The van der Waals surface area contributed by atoms with E-state index in [2.05, 4.69) is 0 Å². The molecule has 0 N–H and O–H groups in total. The van der Waals surface area contributed by atoms with Crippen LogP contribution in [0.25, 0.3) is 16.8 Å². The molecular weight excluding hydrogens is 458 g/mol. The van der Waals surface area contributed by atoms with Crippen LogP contribution in [0.2, 0.25) is 0 Å². The van der Waals surface area contributed by atoms with E-state index >= 15 is 0 Å². The Morgan fingerprint density at radius 1 is 1.09 bits per heavy atom. The van der Waals surface area contributed by atoms with Crippen LogP contribution in [0.3, 0.4) is 0 Å². The summed E-state index contributed by atoms with van der Waals surface area (Å²) in [5.74, 6) is 0.190. The molecule has 3 aromatic rings. The third kappa shape index (κ3) is 4.86. The molecule has 1 amide bonds. The minimum absolute atomic E-state index is 0.189. The molecule has 8 heteroatoms. The minimum atomic E-state index is -0.471. The molecule has 0 aromatic heterocycles. The third-order valence-electron chi connectivity index (χ3n) is 4.94. The molecule has 0 bridgehead atoms. The summed E-state index contributed by atoms with van der Waals surface area (Å²) in [4.78, 5) is 27.0. The van der Waals surface area contributed by atoms with E-state index in [0.717, 1.165) is 16.5 Å². The molecule has 168 valence electrons. The smallest absolute Gasteiger partial charge is 0.344 e. The van der Waals surface area contributed by atoms with Gasteiger partial charge in [-0.2, -0.15) is 0 Å². The van der Waals surface area contributed by atoms with Crippen molar-refractivity contribution in [2.24, 2.45) is 0 Å². The van der Waals surface area contributed by atoms with Gasteiger partial charge >= 0.3 is 5.97 Å². The summed E-state index contributed by atoms with van der Waals surface area (Å²) in [6.07, 6.45) is 1.75. The van der Waals surface area contributed by atoms with Crippen molar-refractivity contribution in [2.45, 2.75) is 6.92 Å². The Morgan fingerprint density at radius 2 is 1.88 bits per heavy atom. The molecule has 1 heterocycles. The van der Waals surface area contributed by atoms with Crippen LogP contribution in [0, 0.1) is 0 Å². The van der Waals surface area contributed by atoms with Crippen molar-refractivity contribution < 1.29 is 23.8 Å². The number of carbonyl (C=O) groups is 2. The highest BCUT2D eigenvalue weighted by Crippen LogP contribution is 2.39. The Labute approximate surface area is 201 Å². The molecule has 3 aromatic carbocycles. The second kappa shape index (κ2) is 10.1. The number of rotatable bonds is 7. The highest BCUT2D eigenvalue weighted by Gasteiger charge is 2.34. The van der Waals surface area contributed by atoms with Gasteiger partial charge in [0.2, 0.25) is 0 Å². The Morgan fingerprint density at radius 3 is 2.67 bits per heavy atom. The fourth-order valence-corrected chi connectivity index (χ4v) is 4.75. The van der Waals surface area contributed by atoms with Gasteiger partial charge in [-0.05, 0) is 42.1 Å². The summed E-state index contributed by atoms with van der Waals surface area (Å²) in [6.45, 7) is 1.77. The lowest BCUT2D eigenvalue weighted by atomic mass is 10.1. The monoisotopic (exact) mass is 479 g/mol. The lowest BCUT2D eigenvalue weighted by molar-refractivity contribution is -0.145. The predicted octanol–water partition coefficient (Wildman–Crippen LogP) is 5.20. The molecule has 1 aliphatic heterocycles. The maximum Gasteiger partial charge on any atom is 0.344 e. The van der Waals surface area contributed by atoms with Crippen LogP contribution in [-0.4, -0.2) is 36.5 Å². The number of thioether (sulfide) groups is 1. The Kier molecular flexibility index (Phi) is 6.96. The SMILES string of the molecule is CCOC(=O)COc1cc(/C=C2/SC(=S)N(c3cccc4ccccc34)C2=O)ccc1OC. The first kappa shape index (κ1) is 22.8. The maximum atomic E-state index is 13.3. The summed E-state index contributed by atoms with van der Waals surface area (Å²) in [5, 5.41) is 1.99. The standard InChI is InChI=1S/C25H21NO5S2/c1-3-30-23(27)15-31-21-13-16(11-12-20(21)29-2)14-22-24(28)26(25(32)33-22)19-10-6-8-17-7-4-5-9-18(17)19/h4-14H,3,15H2,1-2H3/b22-14+. The number of carbonyl (C=O) groups excluding carboxylic acids is 2. The molecule has 33 heavy (non-hydrogen) atoms. The summed E-state index contributed by atoms with van der Waals surface area (Å²) in [7, 11) is 1.52. The fourth-order valence-electron chi connectivity index (χ4n) is 3.47. The van der Waals surface area contributed by atoms with Crippen molar-refractivity contribution in [2.75, 3.05) is 25.2 Å². The van der Waals surface area contributed by atoms with Crippen LogP contribution in [0.1, 0.15) is 12.5 Å². The van der Waals surface area contributed by atoms with E-state index in [0.29, 0.717) is 26.3 Å². The molecule has 1 fully saturated rings. The van der Waals surface area contributed by atoms with E-state index in [1.54, 1.807) is 36.1 Å². The predicted molar refractivity (Wildman–Crippen MR) is 135 cm³/mol. The number of hydrogen-bond acceptors (Lipinski definition) is 7. The molecular formula is C25H21NO5S2. The molecule has 6 nitrogen and oxygen atoms in total. The van der Waals surface area contributed by atoms with E-state index in [1.807, 2.05) is 42.5 Å². The van der Waals surface area contributed by atoms with Crippen LogP contribution >= 0.6 is 24.0 Å². The number of amides is 1. The van der Waals surface area contributed by atoms with Gasteiger partial charge in [-0.1, -0.05) is 66.4 Å². The van der Waals surface area contributed by atoms with E-state index < -0.39 is 5.97 Å². The largest absolute Gasteiger partial charge is 0.493 e. The minimum Gasteiger partial charge on any atom is -0.493 e. The molecule has 0 saturated carbocycles. The van der Waals surface area contributed by atoms with Gasteiger partial charge in [0, 0.05) is 5.39 Å². The average molecular weight is 480 g/mol. The molecule has 0 spiro atoms. The maximum absolute atomic E-state index is 13.3. The van der Waals surface area contributed by atoms with Crippen molar-refractivity contribution >= 4 is 62.7 Å². The summed E-state index contributed by atoms with van der Waals surface area (Å²) in [6, 6.07) is 18.9. The molecule has 1 aliphatic rings. The Balaban J connectivity index is 1.62. The first-order valence-electron chi connectivity index (χ1n) is 10.2. The number of benzene rings is 3. The normalized spacial score (nSPS) is 14.7. The van der Waals surface area contributed by atoms with Crippen LogP contribution in [0.15, 0.2) is 65.6 Å². The quantitative estimate of drug-likeness (QED) is 0.262. The van der Waals surface area contributed by atoms with Crippen molar-refractivity contribution in [1.82, 2.24) is 0 Å². The lowest BCUT2D eigenvalue weighted by Gasteiger charge is -2.17. The van der Waals surface area contributed by atoms with E-state index in [4.69, 9.17) is 26.4 Å². The fraction of sp³-hybridized carbons (Fsp3) is 0.160. The van der Waals surface area contributed by atoms with Crippen molar-refractivity contribution in [3.63, 3.8) is 0 Å². The number of fused-ring (bicyclic) bond motifs is 1. The van der Waals surface area contributed by atoms with Gasteiger partial charge in [0.25, 0.3) is 5.91 Å². The zero-order valence-corrected chi connectivity index (χ0v) is 19.7. The number of anilines is 1.